The highest BCUT2D eigenvalue weighted by molar-refractivity contribution is 5.95. The highest BCUT2D eigenvalue weighted by Crippen LogP contribution is 2.27. The number of halogens is 1. The van der Waals surface area contributed by atoms with Crippen molar-refractivity contribution in [1.29, 1.82) is 0 Å². The quantitative estimate of drug-likeness (QED) is 0.777. The highest BCUT2D eigenvalue weighted by Gasteiger charge is 2.27. The second-order valence-electron chi connectivity index (χ2n) is 6.69. The number of amides is 1. The number of benzene rings is 2. The molecule has 3 aromatic rings. The molecule has 0 bridgehead atoms. The Hall–Kier alpha value is -2.95. The average molecular weight is 349 g/mol. The molecule has 0 radical (unpaired) electrons. The van der Waals surface area contributed by atoms with Gasteiger partial charge in [-0.2, -0.15) is 0 Å². The van der Waals surface area contributed by atoms with Crippen LogP contribution in [0.2, 0.25) is 0 Å². The number of rotatable bonds is 3. The van der Waals surface area contributed by atoms with E-state index in [4.69, 9.17) is 0 Å². The number of hydrogen-bond donors (Lipinski definition) is 1. The molecule has 1 aliphatic rings. The number of anilines is 1. The van der Waals surface area contributed by atoms with E-state index in [-0.39, 0.29) is 17.8 Å². The van der Waals surface area contributed by atoms with Gasteiger partial charge in [0.15, 0.2) is 0 Å². The standard InChI is InChI=1S/C21H20FN3O/c1-14-12-19(17-8-5-9-18(22)20(17)23-14)24-16-10-11-25(13-16)21(26)15-6-3-2-4-7-15/h2-9,12,16H,10-11,13H2,1H3,(H,23,24). The molecule has 4 nitrogen and oxygen atoms in total. The lowest BCUT2D eigenvalue weighted by Gasteiger charge is -2.19. The summed E-state index contributed by atoms with van der Waals surface area (Å²) in [6.45, 7) is 3.20. The predicted octanol–water partition coefficient (Wildman–Crippen LogP) is 4.01. The van der Waals surface area contributed by atoms with Crippen molar-refractivity contribution in [2.75, 3.05) is 18.4 Å². The molecule has 0 spiro atoms. The molecule has 1 fully saturated rings. The fourth-order valence-corrected chi connectivity index (χ4v) is 3.51. The summed E-state index contributed by atoms with van der Waals surface area (Å²) in [5.41, 5.74) is 2.72. The molecular formula is C21H20FN3O. The van der Waals surface area contributed by atoms with Gasteiger partial charge in [-0.25, -0.2) is 9.37 Å². The van der Waals surface area contributed by atoms with E-state index >= 15 is 0 Å². The number of para-hydroxylation sites is 1. The number of aryl methyl sites for hydroxylation is 1. The highest BCUT2D eigenvalue weighted by atomic mass is 19.1. The number of nitrogens with zero attached hydrogens (tertiary/aromatic N) is 2. The molecule has 1 unspecified atom stereocenters. The Morgan fingerprint density at radius 1 is 1.19 bits per heavy atom. The van der Waals surface area contributed by atoms with Gasteiger partial charge in [0, 0.05) is 41.5 Å². The molecular weight excluding hydrogens is 329 g/mol. The van der Waals surface area contributed by atoms with E-state index in [2.05, 4.69) is 10.3 Å². The summed E-state index contributed by atoms with van der Waals surface area (Å²) < 4.78 is 14.1. The van der Waals surface area contributed by atoms with Gasteiger partial charge < -0.3 is 10.2 Å². The van der Waals surface area contributed by atoms with E-state index in [1.807, 2.05) is 54.3 Å². The first-order valence-electron chi connectivity index (χ1n) is 8.78. The van der Waals surface area contributed by atoms with Crippen LogP contribution in [0.15, 0.2) is 54.6 Å². The number of pyridine rings is 1. The first kappa shape index (κ1) is 16.5. The SMILES string of the molecule is Cc1cc(NC2CCN(C(=O)c3ccccc3)C2)c2cccc(F)c2n1. The smallest absolute Gasteiger partial charge is 0.253 e. The van der Waals surface area contributed by atoms with Crippen molar-refractivity contribution in [3.8, 4) is 0 Å². The van der Waals surface area contributed by atoms with Crippen LogP contribution >= 0.6 is 0 Å². The van der Waals surface area contributed by atoms with Crippen LogP contribution in [0.4, 0.5) is 10.1 Å². The number of carbonyl (C=O) groups is 1. The van der Waals surface area contributed by atoms with E-state index < -0.39 is 0 Å². The Kier molecular flexibility index (Phi) is 4.29. The third-order valence-corrected chi connectivity index (χ3v) is 4.77. The molecule has 2 aromatic carbocycles. The summed E-state index contributed by atoms with van der Waals surface area (Å²) in [4.78, 5) is 18.8. The minimum Gasteiger partial charge on any atom is -0.380 e. The zero-order chi connectivity index (χ0) is 18.1. The Balaban J connectivity index is 1.54. The Labute approximate surface area is 151 Å². The van der Waals surface area contributed by atoms with Crippen molar-refractivity contribution in [2.24, 2.45) is 0 Å². The number of aromatic nitrogens is 1. The van der Waals surface area contributed by atoms with Gasteiger partial charge in [0.1, 0.15) is 11.3 Å². The maximum absolute atomic E-state index is 14.1. The maximum Gasteiger partial charge on any atom is 0.253 e. The van der Waals surface area contributed by atoms with E-state index in [9.17, 15) is 9.18 Å². The van der Waals surface area contributed by atoms with Crippen molar-refractivity contribution in [3.05, 3.63) is 71.7 Å². The van der Waals surface area contributed by atoms with Crippen molar-refractivity contribution in [2.45, 2.75) is 19.4 Å². The van der Waals surface area contributed by atoms with Gasteiger partial charge in [-0.3, -0.25) is 4.79 Å². The van der Waals surface area contributed by atoms with Gasteiger partial charge in [-0.05, 0) is 37.6 Å². The van der Waals surface area contributed by atoms with Crippen LogP contribution in [-0.2, 0) is 0 Å². The van der Waals surface area contributed by atoms with Crippen molar-refractivity contribution in [1.82, 2.24) is 9.88 Å². The molecule has 0 saturated carbocycles. The maximum atomic E-state index is 14.1. The molecule has 132 valence electrons. The number of nitrogens with one attached hydrogen (secondary N) is 1. The predicted molar refractivity (Wildman–Crippen MR) is 101 cm³/mol. The van der Waals surface area contributed by atoms with Gasteiger partial charge in [-0.15, -0.1) is 0 Å². The lowest BCUT2D eigenvalue weighted by molar-refractivity contribution is 0.0791. The summed E-state index contributed by atoms with van der Waals surface area (Å²) in [7, 11) is 0. The molecule has 0 aliphatic carbocycles. The van der Waals surface area contributed by atoms with Crippen molar-refractivity contribution >= 4 is 22.5 Å². The minimum atomic E-state index is -0.318. The molecule has 2 heterocycles. The molecule has 1 aromatic heterocycles. The second kappa shape index (κ2) is 6.75. The topological polar surface area (TPSA) is 45.2 Å². The fourth-order valence-electron chi connectivity index (χ4n) is 3.51. The molecule has 26 heavy (non-hydrogen) atoms. The van der Waals surface area contributed by atoms with Crippen LogP contribution in [0.3, 0.4) is 0 Å². The summed E-state index contributed by atoms with van der Waals surface area (Å²) in [6.07, 6.45) is 0.858. The number of hydrogen-bond acceptors (Lipinski definition) is 3. The molecule has 1 saturated heterocycles. The molecule has 5 heteroatoms. The van der Waals surface area contributed by atoms with Gasteiger partial charge in [0.2, 0.25) is 0 Å². The van der Waals surface area contributed by atoms with E-state index in [1.54, 1.807) is 6.07 Å². The van der Waals surface area contributed by atoms with Gasteiger partial charge in [0.05, 0.1) is 0 Å². The van der Waals surface area contributed by atoms with Gasteiger partial charge in [-0.1, -0.05) is 30.3 Å². The Morgan fingerprint density at radius 3 is 2.81 bits per heavy atom. The van der Waals surface area contributed by atoms with Gasteiger partial charge >= 0.3 is 0 Å². The van der Waals surface area contributed by atoms with Crippen LogP contribution < -0.4 is 5.32 Å². The zero-order valence-corrected chi connectivity index (χ0v) is 14.6. The molecule has 1 amide bonds. The summed E-state index contributed by atoms with van der Waals surface area (Å²) in [6, 6.07) is 16.4. The fraction of sp³-hybridized carbons (Fsp3) is 0.238. The van der Waals surface area contributed by atoms with Crippen LogP contribution in [0.1, 0.15) is 22.5 Å². The van der Waals surface area contributed by atoms with Crippen LogP contribution in [0.5, 0.6) is 0 Å². The molecule has 4 rings (SSSR count). The monoisotopic (exact) mass is 349 g/mol. The van der Waals surface area contributed by atoms with E-state index in [1.165, 1.54) is 6.07 Å². The molecule has 1 N–H and O–H groups in total. The van der Waals surface area contributed by atoms with Gasteiger partial charge in [0.25, 0.3) is 5.91 Å². The summed E-state index contributed by atoms with van der Waals surface area (Å²) >= 11 is 0. The van der Waals surface area contributed by atoms with Crippen LogP contribution in [-0.4, -0.2) is 34.9 Å². The Bertz CT molecular complexity index is 958. The zero-order valence-electron chi connectivity index (χ0n) is 14.6. The lowest BCUT2D eigenvalue weighted by Crippen LogP contribution is -2.31. The lowest BCUT2D eigenvalue weighted by atomic mass is 10.1. The first-order valence-corrected chi connectivity index (χ1v) is 8.78. The first-order chi connectivity index (χ1) is 12.6. The third kappa shape index (κ3) is 3.12. The minimum absolute atomic E-state index is 0.0525. The molecule has 1 atom stereocenters. The average Bonchev–Trinajstić information content (AvgIpc) is 3.11. The normalized spacial score (nSPS) is 16.8. The summed E-state index contributed by atoms with van der Waals surface area (Å²) in [5, 5.41) is 4.25. The van der Waals surface area contributed by atoms with Crippen LogP contribution in [0, 0.1) is 12.7 Å². The van der Waals surface area contributed by atoms with Crippen molar-refractivity contribution < 1.29 is 9.18 Å². The number of likely N-dealkylation sites (tertiary alicyclic amines) is 1. The number of fused-ring (bicyclic) bond motifs is 1. The van der Waals surface area contributed by atoms with Crippen molar-refractivity contribution in [3.63, 3.8) is 0 Å². The van der Waals surface area contributed by atoms with E-state index in [0.29, 0.717) is 24.2 Å². The second-order valence-corrected chi connectivity index (χ2v) is 6.69. The largest absolute Gasteiger partial charge is 0.380 e. The summed E-state index contributed by atoms with van der Waals surface area (Å²) in [5.74, 6) is -0.265. The molecule has 1 aliphatic heterocycles. The third-order valence-electron chi connectivity index (χ3n) is 4.77. The Morgan fingerprint density at radius 2 is 2.00 bits per heavy atom. The number of carbonyl (C=O) groups excluding carboxylic acids is 1. The van der Waals surface area contributed by atoms with Crippen LogP contribution in [0.25, 0.3) is 10.9 Å². The van der Waals surface area contributed by atoms with E-state index in [0.717, 1.165) is 23.2 Å².